The van der Waals surface area contributed by atoms with Crippen molar-refractivity contribution in [1.29, 1.82) is 0 Å². The van der Waals surface area contributed by atoms with Crippen molar-refractivity contribution >= 4 is 67.7 Å². The van der Waals surface area contributed by atoms with Gasteiger partial charge in [-0.2, -0.15) is 0 Å². The Labute approximate surface area is 255 Å². The maximum absolute atomic E-state index is 13.3. The molecule has 0 saturated carbocycles. The van der Waals surface area contributed by atoms with Gasteiger partial charge < -0.3 is 4.74 Å². The summed E-state index contributed by atoms with van der Waals surface area (Å²) in [5.74, 6) is -2.00. The Hall–Kier alpha value is -4.14. The molecule has 1 aliphatic carbocycles. The van der Waals surface area contributed by atoms with Crippen molar-refractivity contribution in [2.45, 2.75) is 19.8 Å². The number of ether oxygens (including phenoxy) is 1. The van der Waals surface area contributed by atoms with E-state index in [9.17, 15) is 19.2 Å². The number of Topliss-reactive ketones (excluding diaryl/α,β-unsaturated/α-hetero) is 1. The van der Waals surface area contributed by atoms with Crippen molar-refractivity contribution in [3.05, 3.63) is 105 Å². The summed E-state index contributed by atoms with van der Waals surface area (Å²) < 4.78 is 6.29. The third-order valence-corrected chi connectivity index (χ3v) is 8.76. The molecule has 9 heteroatoms. The molecule has 0 radical (unpaired) electrons. The monoisotopic (exact) mass is 642 g/mol. The molecule has 2 unspecified atom stereocenters. The second-order valence-corrected chi connectivity index (χ2v) is 11.7. The molecule has 2 atom stereocenters. The van der Waals surface area contributed by atoms with Gasteiger partial charge in [0, 0.05) is 26.0 Å². The number of imide groups is 1. The van der Waals surface area contributed by atoms with Crippen LogP contribution in [0, 0.1) is 18.8 Å². The topological polar surface area (TPSA) is 93.6 Å². The van der Waals surface area contributed by atoms with E-state index in [1.165, 1.54) is 4.90 Å². The highest BCUT2D eigenvalue weighted by molar-refractivity contribution is 9.10. The number of anilines is 1. The van der Waals surface area contributed by atoms with E-state index in [2.05, 4.69) is 15.9 Å². The average molecular weight is 644 g/mol. The summed E-state index contributed by atoms with van der Waals surface area (Å²) in [6.07, 6.45) is 5.05. The second-order valence-electron chi connectivity index (χ2n) is 10.3. The number of halogens is 2. The van der Waals surface area contributed by atoms with Crippen LogP contribution in [0.5, 0.6) is 0 Å². The predicted molar refractivity (Wildman–Crippen MR) is 164 cm³/mol. The summed E-state index contributed by atoms with van der Waals surface area (Å²) >= 11 is 9.73. The van der Waals surface area contributed by atoms with Crippen LogP contribution >= 0.6 is 27.5 Å². The third-order valence-electron chi connectivity index (χ3n) is 7.82. The summed E-state index contributed by atoms with van der Waals surface area (Å²) in [4.78, 5) is 58.1. The van der Waals surface area contributed by atoms with Crippen LogP contribution in [0.15, 0.2) is 83.4 Å². The van der Waals surface area contributed by atoms with Crippen LogP contribution in [0.1, 0.15) is 39.1 Å². The Morgan fingerprint density at radius 2 is 1.60 bits per heavy atom. The van der Waals surface area contributed by atoms with Gasteiger partial charge in [-0.3, -0.25) is 19.3 Å². The molecule has 3 aromatic carbocycles. The summed E-state index contributed by atoms with van der Waals surface area (Å²) in [5, 5.41) is 1.04. The number of carbonyl (C=O) groups is 4. The van der Waals surface area contributed by atoms with Gasteiger partial charge in [-0.25, -0.2) is 9.78 Å². The van der Waals surface area contributed by atoms with Crippen molar-refractivity contribution in [3.8, 4) is 11.3 Å². The van der Waals surface area contributed by atoms with Gasteiger partial charge in [0.2, 0.25) is 11.8 Å². The lowest BCUT2D eigenvalue weighted by molar-refractivity contribution is -0.122. The van der Waals surface area contributed by atoms with Crippen molar-refractivity contribution < 1.29 is 23.9 Å². The van der Waals surface area contributed by atoms with E-state index in [1.807, 2.05) is 19.1 Å². The second kappa shape index (κ2) is 11.3. The molecule has 6 rings (SSSR count). The molecule has 4 aromatic rings. The lowest BCUT2D eigenvalue weighted by Gasteiger charge is -2.16. The molecule has 1 aromatic heterocycles. The third kappa shape index (κ3) is 5.05. The lowest BCUT2D eigenvalue weighted by Crippen LogP contribution is -2.30. The van der Waals surface area contributed by atoms with Gasteiger partial charge in [0.05, 0.1) is 34.3 Å². The molecule has 1 saturated heterocycles. The van der Waals surface area contributed by atoms with Gasteiger partial charge in [-0.15, -0.1) is 0 Å². The van der Waals surface area contributed by atoms with Crippen LogP contribution in [0.4, 0.5) is 5.69 Å². The van der Waals surface area contributed by atoms with Gasteiger partial charge in [0.25, 0.3) is 0 Å². The first-order chi connectivity index (χ1) is 20.2. The van der Waals surface area contributed by atoms with Gasteiger partial charge in [0.15, 0.2) is 12.4 Å². The summed E-state index contributed by atoms with van der Waals surface area (Å²) in [6.45, 7) is 1.39. The molecule has 42 heavy (non-hydrogen) atoms. The first-order valence-corrected chi connectivity index (χ1v) is 14.6. The van der Waals surface area contributed by atoms with Crippen LogP contribution in [-0.2, 0) is 14.3 Å². The summed E-state index contributed by atoms with van der Waals surface area (Å²) in [7, 11) is 0. The molecule has 0 spiro atoms. The first kappa shape index (κ1) is 28.0. The highest BCUT2D eigenvalue weighted by Gasteiger charge is 2.47. The van der Waals surface area contributed by atoms with E-state index >= 15 is 0 Å². The largest absolute Gasteiger partial charge is 0.454 e. The number of rotatable bonds is 6. The number of pyridine rings is 1. The average Bonchev–Trinajstić information content (AvgIpc) is 3.27. The Morgan fingerprint density at radius 1 is 0.952 bits per heavy atom. The SMILES string of the molecule is Cc1c(Cl)ccc2c(C(=O)OCC(=O)c3ccc(Br)cc3)cc(-c3ccc(N4C(=O)C5CC=CCC5C4=O)cc3)nc12. The molecule has 2 aliphatic rings. The maximum atomic E-state index is 13.3. The van der Waals surface area contributed by atoms with Crippen LogP contribution in [-0.4, -0.2) is 35.2 Å². The number of aromatic nitrogens is 1. The quantitative estimate of drug-likeness (QED) is 0.0961. The Morgan fingerprint density at radius 3 is 2.24 bits per heavy atom. The van der Waals surface area contributed by atoms with Crippen LogP contribution in [0.3, 0.4) is 0 Å². The van der Waals surface area contributed by atoms with Gasteiger partial charge in [-0.05, 0) is 61.7 Å². The zero-order valence-electron chi connectivity index (χ0n) is 22.5. The molecule has 0 N–H and O–H groups in total. The molecule has 7 nitrogen and oxygen atoms in total. The standard InChI is InChI=1S/C33H24BrClN2O5/c1-18-27(35)15-14-23-26(33(41)42-17-29(38)20-6-10-21(34)11-7-20)16-28(36-30(18)23)19-8-12-22(13-9-19)37-31(39)24-4-2-3-5-25(24)32(37)40/h2-3,6-16,24-25H,4-5,17H2,1H3. The number of ketones is 1. The molecule has 2 amide bonds. The van der Waals surface area contributed by atoms with E-state index < -0.39 is 12.6 Å². The summed E-state index contributed by atoms with van der Waals surface area (Å²) in [5.41, 5.74) is 3.52. The number of allylic oxidation sites excluding steroid dienone is 2. The smallest absolute Gasteiger partial charge is 0.339 e. The number of esters is 1. The molecular weight excluding hydrogens is 620 g/mol. The van der Waals surface area contributed by atoms with Gasteiger partial charge in [0.1, 0.15) is 0 Å². The Balaban J connectivity index is 1.31. The number of aryl methyl sites for hydroxylation is 1. The van der Waals surface area contributed by atoms with Crippen molar-refractivity contribution in [2.24, 2.45) is 11.8 Å². The van der Waals surface area contributed by atoms with Crippen molar-refractivity contribution in [3.63, 3.8) is 0 Å². The fraction of sp³-hybridized carbons (Fsp3) is 0.182. The number of hydrogen-bond acceptors (Lipinski definition) is 6. The molecule has 2 heterocycles. The molecule has 1 aliphatic heterocycles. The number of benzene rings is 3. The minimum Gasteiger partial charge on any atom is -0.454 e. The number of amides is 2. The van der Waals surface area contributed by atoms with Crippen LogP contribution in [0.25, 0.3) is 22.2 Å². The highest BCUT2D eigenvalue weighted by Crippen LogP contribution is 2.38. The molecule has 1 fully saturated rings. The maximum Gasteiger partial charge on any atom is 0.339 e. The fourth-order valence-electron chi connectivity index (χ4n) is 5.48. The zero-order chi connectivity index (χ0) is 29.5. The van der Waals surface area contributed by atoms with E-state index in [0.29, 0.717) is 56.8 Å². The van der Waals surface area contributed by atoms with E-state index in [-0.39, 0.29) is 35.0 Å². The number of hydrogen-bond donors (Lipinski definition) is 0. The molecule has 0 bridgehead atoms. The van der Waals surface area contributed by atoms with E-state index in [0.717, 1.165) is 4.47 Å². The van der Waals surface area contributed by atoms with Crippen molar-refractivity contribution in [1.82, 2.24) is 4.98 Å². The summed E-state index contributed by atoms with van der Waals surface area (Å²) in [6, 6.07) is 18.8. The minimum atomic E-state index is -0.670. The lowest BCUT2D eigenvalue weighted by atomic mass is 9.85. The van der Waals surface area contributed by atoms with Gasteiger partial charge in [-0.1, -0.05) is 70.0 Å². The zero-order valence-corrected chi connectivity index (χ0v) is 24.8. The number of fused-ring (bicyclic) bond motifs is 2. The normalized spacial score (nSPS) is 17.9. The minimum absolute atomic E-state index is 0.182. The van der Waals surface area contributed by atoms with E-state index in [1.54, 1.807) is 66.7 Å². The van der Waals surface area contributed by atoms with Crippen LogP contribution in [0.2, 0.25) is 5.02 Å². The molecule has 210 valence electrons. The Bertz CT molecular complexity index is 1770. The van der Waals surface area contributed by atoms with Crippen molar-refractivity contribution in [2.75, 3.05) is 11.5 Å². The molecular formula is C33H24BrClN2O5. The number of carbonyl (C=O) groups excluding carboxylic acids is 4. The fourth-order valence-corrected chi connectivity index (χ4v) is 5.90. The van der Waals surface area contributed by atoms with Gasteiger partial charge >= 0.3 is 5.97 Å². The predicted octanol–water partition coefficient (Wildman–Crippen LogP) is 7.12. The Kier molecular flexibility index (Phi) is 7.51. The highest BCUT2D eigenvalue weighted by atomic mass is 79.9. The van der Waals surface area contributed by atoms with Crippen LogP contribution < -0.4 is 4.90 Å². The first-order valence-electron chi connectivity index (χ1n) is 13.4. The number of nitrogens with zero attached hydrogens (tertiary/aromatic N) is 2. The van der Waals surface area contributed by atoms with E-state index in [4.69, 9.17) is 21.3 Å².